The van der Waals surface area contributed by atoms with Crippen molar-refractivity contribution in [3.05, 3.63) is 107 Å². The Morgan fingerprint density at radius 3 is 2.43 bits per heavy atom. The molecule has 2 aliphatic rings. The number of fused-ring (bicyclic) bond motifs is 2. The Kier molecular flexibility index (Phi) is 4.89. The van der Waals surface area contributed by atoms with E-state index in [0.717, 1.165) is 28.1 Å². The van der Waals surface area contributed by atoms with Gasteiger partial charge < -0.3 is 10.2 Å². The first-order chi connectivity index (χ1) is 14.6. The highest BCUT2D eigenvalue weighted by atomic mass is 35.5. The van der Waals surface area contributed by atoms with Crippen molar-refractivity contribution in [3.63, 3.8) is 0 Å². The van der Waals surface area contributed by atoms with Gasteiger partial charge in [-0.3, -0.25) is 4.79 Å². The number of hydrogen-bond acceptors (Lipinski definition) is 3. The number of nitrogens with one attached hydrogen (secondary N) is 1. The number of halogens is 1. The second kappa shape index (κ2) is 7.58. The molecule has 1 N–H and O–H groups in total. The summed E-state index contributed by atoms with van der Waals surface area (Å²) in [6, 6.07) is 25.6. The third-order valence-corrected chi connectivity index (χ3v) is 7.30. The van der Waals surface area contributed by atoms with E-state index in [4.69, 9.17) is 23.8 Å². The van der Waals surface area contributed by atoms with Crippen LogP contribution in [-0.4, -0.2) is 15.1 Å². The summed E-state index contributed by atoms with van der Waals surface area (Å²) in [4.78, 5) is 15.3. The molecule has 0 aliphatic carbocycles. The number of carbonyl (C=O) groups is 1. The van der Waals surface area contributed by atoms with Gasteiger partial charge in [-0.15, -0.1) is 0 Å². The molecule has 6 heteroatoms. The first-order valence-corrected chi connectivity index (χ1v) is 11.1. The molecule has 1 unspecified atom stereocenters. The summed E-state index contributed by atoms with van der Waals surface area (Å²) in [7, 11) is 0. The molecular formula is C24H17ClN2OS2. The lowest BCUT2D eigenvalue weighted by atomic mass is 9.95. The summed E-state index contributed by atoms with van der Waals surface area (Å²) in [5.74, 6) is -0.0596. The Morgan fingerprint density at radius 2 is 1.67 bits per heavy atom. The number of carbonyl (C=O) groups excluding carboxylic acids is 1. The predicted octanol–water partition coefficient (Wildman–Crippen LogP) is 6.06. The molecule has 0 saturated heterocycles. The number of benzene rings is 3. The quantitative estimate of drug-likeness (QED) is 0.493. The lowest BCUT2D eigenvalue weighted by Crippen LogP contribution is -2.40. The molecule has 3 nitrogen and oxygen atoms in total. The fourth-order valence-electron chi connectivity index (χ4n) is 3.86. The van der Waals surface area contributed by atoms with Crippen molar-refractivity contribution in [1.82, 2.24) is 4.90 Å². The average molecular weight is 449 g/mol. The van der Waals surface area contributed by atoms with E-state index in [0.29, 0.717) is 15.9 Å². The van der Waals surface area contributed by atoms with Crippen LogP contribution in [0.2, 0.25) is 5.02 Å². The molecule has 2 aliphatic heterocycles. The van der Waals surface area contributed by atoms with Gasteiger partial charge in [-0.2, -0.15) is 0 Å². The number of rotatable bonds is 3. The normalized spacial score (nSPS) is 20.2. The van der Waals surface area contributed by atoms with Gasteiger partial charge in [0.25, 0.3) is 0 Å². The van der Waals surface area contributed by atoms with Crippen LogP contribution >= 0.6 is 35.6 Å². The van der Waals surface area contributed by atoms with Crippen LogP contribution in [-0.2, 0) is 16.1 Å². The van der Waals surface area contributed by atoms with Gasteiger partial charge in [0, 0.05) is 28.5 Å². The summed E-state index contributed by atoms with van der Waals surface area (Å²) in [6.07, 6.45) is 2.06. The SMILES string of the molecule is O=C1Nc2ccccc2C12C=C(c1ccccc1)N(Cc1ccc(Cl)cc1)C(=S)S2. The van der Waals surface area contributed by atoms with E-state index in [1.807, 2.05) is 78.9 Å². The van der Waals surface area contributed by atoms with Crippen molar-refractivity contribution < 1.29 is 4.79 Å². The van der Waals surface area contributed by atoms with E-state index >= 15 is 0 Å². The summed E-state index contributed by atoms with van der Waals surface area (Å²) in [5, 5.41) is 3.72. The Bertz CT molecular complexity index is 1180. The van der Waals surface area contributed by atoms with Crippen molar-refractivity contribution in [2.24, 2.45) is 0 Å². The Balaban J connectivity index is 1.65. The van der Waals surface area contributed by atoms with E-state index in [-0.39, 0.29) is 5.91 Å². The second-order valence-corrected chi connectivity index (χ2v) is 9.53. The molecule has 5 rings (SSSR count). The van der Waals surface area contributed by atoms with Gasteiger partial charge in [-0.1, -0.05) is 96.2 Å². The highest BCUT2D eigenvalue weighted by Gasteiger charge is 2.50. The molecule has 30 heavy (non-hydrogen) atoms. The van der Waals surface area contributed by atoms with Crippen LogP contribution in [0.25, 0.3) is 5.70 Å². The average Bonchev–Trinajstić information content (AvgIpc) is 3.03. The minimum absolute atomic E-state index is 0.0596. The standard InChI is InChI=1S/C24H17ClN2OS2/c25-18-12-10-16(11-13-18)15-27-21(17-6-2-1-3-7-17)14-24(30-23(27)29)19-8-4-5-9-20(19)26-22(24)28/h1-14H,15H2,(H,26,28). The Morgan fingerprint density at radius 1 is 0.967 bits per heavy atom. The van der Waals surface area contributed by atoms with Crippen LogP contribution in [0.3, 0.4) is 0 Å². The van der Waals surface area contributed by atoms with Crippen LogP contribution in [0.5, 0.6) is 0 Å². The first kappa shape index (κ1) is 19.4. The van der Waals surface area contributed by atoms with E-state index in [1.54, 1.807) is 0 Å². The van der Waals surface area contributed by atoms with Crippen LogP contribution in [0.1, 0.15) is 16.7 Å². The van der Waals surface area contributed by atoms with Crippen molar-refractivity contribution in [2.45, 2.75) is 11.3 Å². The maximum atomic E-state index is 13.2. The molecule has 0 radical (unpaired) electrons. The number of anilines is 1. The molecule has 0 fully saturated rings. The molecule has 0 saturated carbocycles. The number of para-hydroxylation sites is 1. The van der Waals surface area contributed by atoms with Crippen LogP contribution in [0.4, 0.5) is 5.69 Å². The van der Waals surface area contributed by atoms with E-state index < -0.39 is 4.75 Å². The van der Waals surface area contributed by atoms with E-state index in [9.17, 15) is 4.79 Å². The molecule has 3 aromatic rings. The molecule has 0 bridgehead atoms. The lowest BCUT2D eigenvalue weighted by Gasteiger charge is -2.38. The summed E-state index contributed by atoms with van der Waals surface area (Å²) in [5.41, 5.74) is 4.83. The van der Waals surface area contributed by atoms with Gasteiger partial charge in [0.05, 0.1) is 0 Å². The van der Waals surface area contributed by atoms with Crippen molar-refractivity contribution >= 4 is 57.2 Å². The molecular weight excluding hydrogens is 432 g/mol. The number of hydrogen-bond donors (Lipinski definition) is 1. The van der Waals surface area contributed by atoms with Gasteiger partial charge in [0.15, 0.2) is 0 Å². The Labute approximate surface area is 189 Å². The van der Waals surface area contributed by atoms with Gasteiger partial charge in [-0.25, -0.2) is 0 Å². The topological polar surface area (TPSA) is 32.3 Å². The zero-order valence-corrected chi connectivity index (χ0v) is 18.2. The number of thioether (sulfide) groups is 1. The minimum atomic E-state index is -0.866. The van der Waals surface area contributed by atoms with Crippen molar-refractivity contribution in [3.8, 4) is 0 Å². The number of amides is 1. The van der Waals surface area contributed by atoms with Gasteiger partial charge in [0.1, 0.15) is 9.07 Å². The zero-order chi connectivity index (χ0) is 20.7. The molecule has 1 atom stereocenters. The number of thiocarbonyl (C=S) groups is 1. The molecule has 148 valence electrons. The van der Waals surface area contributed by atoms with Crippen molar-refractivity contribution in [2.75, 3.05) is 5.32 Å². The third kappa shape index (κ3) is 3.23. The number of nitrogens with zero attached hydrogens (tertiary/aromatic N) is 1. The van der Waals surface area contributed by atoms with Gasteiger partial charge >= 0.3 is 0 Å². The van der Waals surface area contributed by atoms with Gasteiger partial charge in [0.2, 0.25) is 5.91 Å². The highest BCUT2D eigenvalue weighted by Crippen LogP contribution is 2.52. The van der Waals surface area contributed by atoms with Crippen LogP contribution in [0, 0.1) is 0 Å². The maximum absolute atomic E-state index is 13.2. The highest BCUT2D eigenvalue weighted by molar-refractivity contribution is 8.24. The minimum Gasteiger partial charge on any atom is -0.324 e. The summed E-state index contributed by atoms with van der Waals surface area (Å²) < 4.78 is -0.201. The van der Waals surface area contributed by atoms with Crippen molar-refractivity contribution in [1.29, 1.82) is 0 Å². The largest absolute Gasteiger partial charge is 0.324 e. The first-order valence-electron chi connectivity index (χ1n) is 9.51. The second-order valence-electron chi connectivity index (χ2n) is 7.21. The lowest BCUT2D eigenvalue weighted by molar-refractivity contribution is -0.116. The predicted molar refractivity (Wildman–Crippen MR) is 128 cm³/mol. The summed E-state index contributed by atoms with van der Waals surface area (Å²) >= 11 is 13.3. The van der Waals surface area contributed by atoms with Gasteiger partial charge in [-0.05, 0) is 35.4 Å². The molecule has 3 aromatic carbocycles. The monoisotopic (exact) mass is 448 g/mol. The van der Waals surface area contributed by atoms with Crippen LogP contribution in [0.15, 0.2) is 84.9 Å². The third-order valence-electron chi connectivity index (χ3n) is 5.34. The zero-order valence-electron chi connectivity index (χ0n) is 15.8. The Hall–Kier alpha value is -2.60. The summed E-state index contributed by atoms with van der Waals surface area (Å²) in [6.45, 7) is 0.600. The molecule has 2 heterocycles. The molecule has 0 aromatic heterocycles. The maximum Gasteiger partial charge on any atom is 0.249 e. The molecule has 1 spiro atoms. The smallest absolute Gasteiger partial charge is 0.249 e. The molecule has 1 amide bonds. The van der Waals surface area contributed by atoms with E-state index in [1.165, 1.54) is 11.8 Å². The fourth-order valence-corrected chi connectivity index (χ4v) is 5.69. The fraction of sp³-hybridized carbons (Fsp3) is 0.0833. The van der Waals surface area contributed by atoms with E-state index in [2.05, 4.69) is 16.3 Å². The van der Waals surface area contributed by atoms with Crippen LogP contribution < -0.4 is 5.32 Å².